The van der Waals surface area contributed by atoms with E-state index in [-0.39, 0.29) is 11.6 Å². The van der Waals surface area contributed by atoms with Gasteiger partial charge in [0.25, 0.3) is 0 Å². The summed E-state index contributed by atoms with van der Waals surface area (Å²) in [5.41, 5.74) is 0.224. The average molecular weight is 337 g/mol. The van der Waals surface area contributed by atoms with Crippen molar-refractivity contribution in [2.24, 2.45) is 0 Å². The van der Waals surface area contributed by atoms with Gasteiger partial charge in [0.2, 0.25) is 0 Å². The zero-order valence-corrected chi connectivity index (χ0v) is 13.8. The lowest BCUT2D eigenvalue weighted by atomic mass is 10.1. The Bertz CT molecular complexity index is 674. The summed E-state index contributed by atoms with van der Waals surface area (Å²) in [6.45, 7) is 1.96. The first kappa shape index (κ1) is 17.9. The van der Waals surface area contributed by atoms with Crippen LogP contribution >= 0.6 is 0 Å². The topological polar surface area (TPSA) is 57.5 Å². The third-order valence-electron chi connectivity index (χ3n) is 3.73. The zero-order chi connectivity index (χ0) is 17.7. The molecule has 0 aliphatic rings. The maximum atomic E-state index is 13.7. The molecule has 130 valence electrons. The molecule has 2 unspecified atom stereocenters. The predicted octanol–water partition coefficient (Wildman–Crippen LogP) is 3.22. The van der Waals surface area contributed by atoms with Crippen LogP contribution in [0.3, 0.4) is 0 Å². The van der Waals surface area contributed by atoms with Crippen LogP contribution in [0.1, 0.15) is 30.3 Å². The van der Waals surface area contributed by atoms with Gasteiger partial charge in [0.1, 0.15) is 17.4 Å². The van der Waals surface area contributed by atoms with E-state index in [4.69, 9.17) is 4.42 Å². The van der Waals surface area contributed by atoms with E-state index in [2.05, 4.69) is 10.6 Å². The fraction of sp³-hybridized carbons (Fsp3) is 0.353. The Kier molecular flexibility index (Phi) is 5.92. The molecule has 0 saturated heterocycles. The van der Waals surface area contributed by atoms with Gasteiger partial charge in [-0.05, 0) is 39.2 Å². The number of likely N-dealkylation sites (N-methyl/N-ethyl adjacent to an activating group) is 1. The predicted molar refractivity (Wildman–Crippen MR) is 86.4 cm³/mol. The highest BCUT2D eigenvalue weighted by atomic mass is 19.1. The monoisotopic (exact) mass is 337 g/mol. The van der Waals surface area contributed by atoms with Crippen LogP contribution in [0.5, 0.6) is 0 Å². The third-order valence-corrected chi connectivity index (χ3v) is 3.73. The number of carbonyl (C=O) groups excluding carboxylic acids is 1. The molecule has 1 aromatic heterocycles. The lowest BCUT2D eigenvalue weighted by Crippen LogP contribution is -2.41. The SMILES string of the molecule is CC(NC(=O)NCC(c1ccco1)N(C)C)c1ccc(F)cc1F. The maximum absolute atomic E-state index is 13.7. The van der Waals surface area contributed by atoms with Crippen LogP contribution in [0, 0.1) is 11.6 Å². The number of hydrogen-bond donors (Lipinski definition) is 2. The summed E-state index contributed by atoms with van der Waals surface area (Å²) in [6.07, 6.45) is 1.57. The van der Waals surface area contributed by atoms with Crippen LogP contribution in [-0.4, -0.2) is 31.6 Å². The second-order valence-electron chi connectivity index (χ2n) is 5.74. The van der Waals surface area contributed by atoms with Crippen molar-refractivity contribution in [2.75, 3.05) is 20.6 Å². The van der Waals surface area contributed by atoms with Crippen LogP contribution in [0.2, 0.25) is 0 Å². The van der Waals surface area contributed by atoms with Gasteiger partial charge in [0, 0.05) is 18.2 Å². The van der Waals surface area contributed by atoms with Gasteiger partial charge in [0.05, 0.1) is 18.3 Å². The number of furan rings is 1. The molecular formula is C17H21F2N3O2. The molecule has 2 rings (SSSR count). The van der Waals surface area contributed by atoms with Gasteiger partial charge in [-0.3, -0.25) is 4.90 Å². The van der Waals surface area contributed by atoms with Crippen molar-refractivity contribution in [2.45, 2.75) is 19.0 Å². The molecule has 0 aliphatic heterocycles. The van der Waals surface area contributed by atoms with E-state index in [0.717, 1.165) is 17.9 Å². The van der Waals surface area contributed by atoms with E-state index in [1.165, 1.54) is 6.07 Å². The molecule has 2 N–H and O–H groups in total. The molecule has 0 saturated carbocycles. The first-order valence-electron chi connectivity index (χ1n) is 7.57. The largest absolute Gasteiger partial charge is 0.468 e. The van der Waals surface area contributed by atoms with Crippen molar-refractivity contribution in [1.29, 1.82) is 0 Å². The van der Waals surface area contributed by atoms with Gasteiger partial charge >= 0.3 is 6.03 Å². The normalized spacial score (nSPS) is 13.6. The van der Waals surface area contributed by atoms with Gasteiger partial charge in [-0.2, -0.15) is 0 Å². The quantitative estimate of drug-likeness (QED) is 0.851. The smallest absolute Gasteiger partial charge is 0.315 e. The number of benzene rings is 1. The Morgan fingerprint density at radius 2 is 2.04 bits per heavy atom. The van der Waals surface area contributed by atoms with Gasteiger partial charge in [-0.25, -0.2) is 13.6 Å². The average Bonchev–Trinajstić information content (AvgIpc) is 3.00. The molecule has 1 heterocycles. The summed E-state index contributed by atoms with van der Waals surface area (Å²) >= 11 is 0. The van der Waals surface area contributed by atoms with Crippen LogP contribution in [0.4, 0.5) is 13.6 Å². The standard InChI is InChI=1S/C17H21F2N3O2/c1-11(13-7-6-12(18)9-14(13)19)21-17(23)20-10-15(22(2)3)16-5-4-8-24-16/h4-9,11,15H,10H2,1-3H3,(H2,20,21,23). The number of carbonyl (C=O) groups is 1. The van der Waals surface area contributed by atoms with E-state index in [1.54, 1.807) is 19.3 Å². The summed E-state index contributed by atoms with van der Waals surface area (Å²) in [5.74, 6) is -0.609. The van der Waals surface area contributed by atoms with Crippen molar-refractivity contribution in [1.82, 2.24) is 15.5 Å². The van der Waals surface area contributed by atoms with Crippen molar-refractivity contribution >= 4 is 6.03 Å². The molecule has 0 fully saturated rings. The van der Waals surface area contributed by atoms with Crippen LogP contribution in [0.15, 0.2) is 41.0 Å². The number of halogens is 2. The highest BCUT2D eigenvalue weighted by Gasteiger charge is 2.19. The van der Waals surface area contributed by atoms with Gasteiger partial charge in [-0.15, -0.1) is 0 Å². The van der Waals surface area contributed by atoms with Crippen molar-refractivity contribution in [3.05, 3.63) is 59.6 Å². The van der Waals surface area contributed by atoms with Crippen molar-refractivity contribution in [3.63, 3.8) is 0 Å². The van der Waals surface area contributed by atoms with Gasteiger partial charge < -0.3 is 15.1 Å². The van der Waals surface area contributed by atoms with Gasteiger partial charge in [0.15, 0.2) is 0 Å². The first-order chi connectivity index (χ1) is 11.4. The minimum Gasteiger partial charge on any atom is -0.468 e. The number of nitrogens with zero attached hydrogens (tertiary/aromatic N) is 1. The minimum absolute atomic E-state index is 0.122. The molecule has 2 atom stereocenters. The highest BCUT2D eigenvalue weighted by Crippen LogP contribution is 2.19. The van der Waals surface area contributed by atoms with E-state index < -0.39 is 23.7 Å². The number of amides is 2. The van der Waals surface area contributed by atoms with E-state index in [1.807, 2.05) is 25.1 Å². The Labute approximate surface area is 139 Å². The molecule has 5 nitrogen and oxygen atoms in total. The molecule has 0 bridgehead atoms. The minimum atomic E-state index is -0.690. The Morgan fingerprint density at radius 1 is 1.29 bits per heavy atom. The van der Waals surface area contributed by atoms with Gasteiger partial charge in [-0.1, -0.05) is 6.07 Å². The first-order valence-corrected chi connectivity index (χ1v) is 7.57. The molecule has 24 heavy (non-hydrogen) atoms. The number of rotatable bonds is 6. The number of hydrogen-bond acceptors (Lipinski definition) is 3. The Morgan fingerprint density at radius 3 is 2.62 bits per heavy atom. The summed E-state index contributed by atoms with van der Waals surface area (Å²) < 4.78 is 32.0. The van der Waals surface area contributed by atoms with E-state index >= 15 is 0 Å². The second-order valence-corrected chi connectivity index (χ2v) is 5.74. The molecule has 2 amide bonds. The lowest BCUT2D eigenvalue weighted by molar-refractivity contribution is 0.223. The van der Waals surface area contributed by atoms with Crippen LogP contribution in [-0.2, 0) is 0 Å². The maximum Gasteiger partial charge on any atom is 0.315 e. The van der Waals surface area contributed by atoms with Crippen LogP contribution < -0.4 is 10.6 Å². The molecule has 0 radical (unpaired) electrons. The summed E-state index contributed by atoms with van der Waals surface area (Å²) in [4.78, 5) is 14.0. The van der Waals surface area contributed by atoms with Crippen molar-refractivity contribution < 1.29 is 18.0 Å². The summed E-state index contributed by atoms with van der Waals surface area (Å²) in [6, 6.07) is 5.74. The summed E-state index contributed by atoms with van der Waals surface area (Å²) in [5, 5.41) is 5.37. The molecule has 0 spiro atoms. The molecule has 1 aromatic carbocycles. The number of nitrogens with one attached hydrogen (secondary N) is 2. The molecule has 0 aliphatic carbocycles. The zero-order valence-electron chi connectivity index (χ0n) is 13.8. The molecular weight excluding hydrogens is 316 g/mol. The third kappa shape index (κ3) is 4.55. The Hall–Kier alpha value is -2.41. The fourth-order valence-electron chi connectivity index (χ4n) is 2.39. The van der Waals surface area contributed by atoms with Crippen molar-refractivity contribution in [3.8, 4) is 0 Å². The van der Waals surface area contributed by atoms with E-state index in [9.17, 15) is 13.6 Å². The summed E-state index contributed by atoms with van der Waals surface area (Å²) in [7, 11) is 3.76. The van der Waals surface area contributed by atoms with E-state index in [0.29, 0.717) is 6.54 Å². The highest BCUT2D eigenvalue weighted by molar-refractivity contribution is 5.74. The molecule has 7 heteroatoms. The fourth-order valence-corrected chi connectivity index (χ4v) is 2.39. The number of urea groups is 1. The lowest BCUT2D eigenvalue weighted by Gasteiger charge is -2.23. The van der Waals surface area contributed by atoms with Crippen LogP contribution in [0.25, 0.3) is 0 Å². The second kappa shape index (κ2) is 7.92. The Balaban J connectivity index is 1.92. The molecule has 2 aromatic rings.